The van der Waals surface area contributed by atoms with E-state index < -0.39 is 0 Å². The van der Waals surface area contributed by atoms with Crippen LogP contribution in [-0.2, 0) is 0 Å². The molecule has 0 radical (unpaired) electrons. The van der Waals surface area contributed by atoms with Crippen molar-refractivity contribution in [2.24, 2.45) is 0 Å². The van der Waals surface area contributed by atoms with Gasteiger partial charge in [0.1, 0.15) is 0 Å². The van der Waals surface area contributed by atoms with E-state index in [2.05, 4.69) is 28.0 Å². The Labute approximate surface area is 88.8 Å². The summed E-state index contributed by atoms with van der Waals surface area (Å²) in [5.41, 5.74) is 6.71. The van der Waals surface area contributed by atoms with Gasteiger partial charge in [0.2, 0.25) is 0 Å². The Hall–Kier alpha value is -1.87. The number of hydrazine groups is 1. The molecule has 3 heteroatoms. The maximum Gasteiger partial charge on any atom is 0.0701 e. The number of fused-ring (bicyclic) bond motifs is 1. The van der Waals surface area contributed by atoms with Crippen molar-refractivity contribution >= 4 is 10.9 Å². The fourth-order valence-corrected chi connectivity index (χ4v) is 1.31. The van der Waals surface area contributed by atoms with Crippen LogP contribution in [0.3, 0.4) is 0 Å². The molecule has 0 saturated carbocycles. The molecule has 1 aromatic heterocycles. The number of rotatable bonds is 0. The molecule has 0 amide bonds. The molecule has 3 rings (SSSR count). The second-order valence-electron chi connectivity index (χ2n) is 3.12. The van der Waals surface area contributed by atoms with E-state index >= 15 is 0 Å². The topological polar surface area (TPSA) is 37.0 Å². The highest BCUT2D eigenvalue weighted by molar-refractivity contribution is 5.77. The lowest BCUT2D eigenvalue weighted by Crippen LogP contribution is -2.19. The van der Waals surface area contributed by atoms with Gasteiger partial charge < -0.3 is 5.43 Å². The minimum atomic E-state index is 0.958. The van der Waals surface area contributed by atoms with Gasteiger partial charge in [-0.2, -0.15) is 0 Å². The molecule has 1 aromatic carbocycles. The monoisotopic (exact) mass is 199 g/mol. The van der Waals surface area contributed by atoms with Crippen LogP contribution in [0.2, 0.25) is 0 Å². The Morgan fingerprint density at radius 2 is 1.93 bits per heavy atom. The Morgan fingerprint density at radius 1 is 1.07 bits per heavy atom. The molecule has 2 aromatic rings. The van der Waals surface area contributed by atoms with Crippen LogP contribution in [0.4, 0.5) is 0 Å². The van der Waals surface area contributed by atoms with Crippen molar-refractivity contribution in [1.29, 1.82) is 0 Å². The standard InChI is InChI=1S/C9H7N.C3H6N2/c1-2-6-9-8(4-1)5-3-7-10-9;1-2-4-5-3-1/h1-7H;1-2,4-5H,3H2. The highest BCUT2D eigenvalue weighted by Crippen LogP contribution is 2.07. The SMILES string of the molecule is C1=CNNC1.c1ccc2ncccc2c1. The van der Waals surface area contributed by atoms with Crippen LogP contribution in [0.15, 0.2) is 54.9 Å². The van der Waals surface area contributed by atoms with E-state index in [4.69, 9.17) is 0 Å². The van der Waals surface area contributed by atoms with Crippen LogP contribution in [0.25, 0.3) is 10.9 Å². The second kappa shape index (κ2) is 5.12. The van der Waals surface area contributed by atoms with E-state index in [1.807, 2.05) is 42.7 Å². The van der Waals surface area contributed by atoms with Gasteiger partial charge in [0.05, 0.1) is 5.52 Å². The number of nitrogens with zero attached hydrogens (tertiary/aromatic N) is 1. The maximum absolute atomic E-state index is 4.18. The first-order chi connectivity index (χ1) is 7.47. The minimum absolute atomic E-state index is 0.958. The summed E-state index contributed by atoms with van der Waals surface area (Å²) >= 11 is 0. The average molecular weight is 199 g/mol. The van der Waals surface area contributed by atoms with E-state index in [-0.39, 0.29) is 0 Å². The molecule has 0 bridgehead atoms. The van der Waals surface area contributed by atoms with E-state index in [0.29, 0.717) is 0 Å². The molecule has 0 unspecified atom stereocenters. The number of benzene rings is 1. The summed E-state index contributed by atoms with van der Waals surface area (Å²) in [5.74, 6) is 0. The van der Waals surface area contributed by atoms with Gasteiger partial charge in [-0.3, -0.25) is 4.98 Å². The van der Waals surface area contributed by atoms with Crippen molar-refractivity contribution in [3.63, 3.8) is 0 Å². The zero-order valence-electron chi connectivity index (χ0n) is 8.35. The lowest BCUT2D eigenvalue weighted by atomic mass is 10.2. The first kappa shape index (κ1) is 9.68. The molecule has 1 aliphatic rings. The smallest absolute Gasteiger partial charge is 0.0701 e. The number of hydrogen-bond donors (Lipinski definition) is 2. The van der Waals surface area contributed by atoms with E-state index in [1.54, 1.807) is 0 Å². The van der Waals surface area contributed by atoms with Gasteiger partial charge in [0.25, 0.3) is 0 Å². The van der Waals surface area contributed by atoms with Crippen molar-refractivity contribution < 1.29 is 0 Å². The summed E-state index contributed by atoms with van der Waals surface area (Å²) in [7, 11) is 0. The summed E-state index contributed by atoms with van der Waals surface area (Å²) in [6.07, 6.45) is 5.70. The number of hydrogen-bond acceptors (Lipinski definition) is 3. The number of nitrogens with one attached hydrogen (secondary N) is 2. The predicted molar refractivity (Wildman–Crippen MR) is 62.0 cm³/mol. The average Bonchev–Trinajstić information content (AvgIpc) is 2.88. The second-order valence-corrected chi connectivity index (χ2v) is 3.12. The van der Waals surface area contributed by atoms with Gasteiger partial charge in [-0.25, -0.2) is 5.43 Å². The molecule has 76 valence electrons. The van der Waals surface area contributed by atoms with Crippen molar-refractivity contribution in [2.75, 3.05) is 6.54 Å². The molecular formula is C12H13N3. The lowest BCUT2D eigenvalue weighted by Gasteiger charge is -1.91. The van der Waals surface area contributed by atoms with Crippen LogP contribution >= 0.6 is 0 Å². The Bertz CT molecular complexity index is 380. The predicted octanol–water partition coefficient (Wildman–Crippen LogP) is 1.84. The first-order valence-corrected chi connectivity index (χ1v) is 4.90. The summed E-state index contributed by atoms with van der Waals surface area (Å²) in [5, 5.41) is 1.20. The molecule has 15 heavy (non-hydrogen) atoms. The molecule has 0 fully saturated rings. The fourth-order valence-electron chi connectivity index (χ4n) is 1.31. The number of aromatic nitrogens is 1. The summed E-state index contributed by atoms with van der Waals surface area (Å²) < 4.78 is 0. The van der Waals surface area contributed by atoms with Crippen LogP contribution in [0, 0.1) is 0 Å². The number of pyridine rings is 1. The maximum atomic E-state index is 4.18. The molecule has 2 heterocycles. The summed E-state index contributed by atoms with van der Waals surface area (Å²) in [6.45, 7) is 0.958. The molecule has 1 aliphatic heterocycles. The molecule has 2 N–H and O–H groups in total. The van der Waals surface area contributed by atoms with Crippen LogP contribution in [0.5, 0.6) is 0 Å². The van der Waals surface area contributed by atoms with Gasteiger partial charge in [0, 0.05) is 24.3 Å². The van der Waals surface area contributed by atoms with Gasteiger partial charge in [-0.15, -0.1) is 0 Å². The van der Waals surface area contributed by atoms with Crippen molar-refractivity contribution in [2.45, 2.75) is 0 Å². The zero-order valence-corrected chi connectivity index (χ0v) is 8.35. The third-order valence-electron chi connectivity index (χ3n) is 2.04. The largest absolute Gasteiger partial charge is 0.329 e. The molecule has 0 spiro atoms. The molecule has 0 atom stereocenters. The quantitative estimate of drug-likeness (QED) is 0.679. The Balaban J connectivity index is 0.000000144. The molecule has 0 saturated heterocycles. The van der Waals surface area contributed by atoms with Gasteiger partial charge >= 0.3 is 0 Å². The van der Waals surface area contributed by atoms with Gasteiger partial charge in [-0.05, 0) is 12.1 Å². The highest BCUT2D eigenvalue weighted by Gasteiger charge is 1.86. The normalized spacial score (nSPS) is 13.1. The minimum Gasteiger partial charge on any atom is -0.329 e. The van der Waals surface area contributed by atoms with Crippen LogP contribution in [0.1, 0.15) is 0 Å². The third-order valence-corrected chi connectivity index (χ3v) is 2.04. The van der Waals surface area contributed by atoms with Crippen LogP contribution < -0.4 is 10.9 Å². The van der Waals surface area contributed by atoms with Crippen molar-refractivity contribution in [3.8, 4) is 0 Å². The zero-order chi connectivity index (χ0) is 10.3. The first-order valence-electron chi connectivity index (χ1n) is 4.90. The number of para-hydroxylation sites is 1. The third kappa shape index (κ3) is 2.79. The molecule has 3 nitrogen and oxygen atoms in total. The van der Waals surface area contributed by atoms with Gasteiger partial charge in [-0.1, -0.05) is 30.3 Å². The summed E-state index contributed by atoms with van der Waals surface area (Å²) in [4.78, 5) is 4.18. The van der Waals surface area contributed by atoms with Crippen LogP contribution in [-0.4, -0.2) is 11.5 Å². The van der Waals surface area contributed by atoms with E-state index in [0.717, 1.165) is 12.1 Å². The van der Waals surface area contributed by atoms with Crippen molar-refractivity contribution in [1.82, 2.24) is 15.8 Å². The molecular weight excluding hydrogens is 186 g/mol. The summed E-state index contributed by atoms with van der Waals surface area (Å²) in [6, 6.07) is 12.1. The lowest BCUT2D eigenvalue weighted by molar-refractivity contribution is 0.727. The Morgan fingerprint density at radius 3 is 2.60 bits per heavy atom. The van der Waals surface area contributed by atoms with E-state index in [9.17, 15) is 0 Å². The van der Waals surface area contributed by atoms with Crippen molar-refractivity contribution in [3.05, 3.63) is 54.9 Å². The molecule has 0 aliphatic carbocycles. The van der Waals surface area contributed by atoms with E-state index in [1.165, 1.54) is 5.39 Å². The fraction of sp³-hybridized carbons (Fsp3) is 0.0833. The van der Waals surface area contributed by atoms with Gasteiger partial charge in [0.15, 0.2) is 0 Å². The Kier molecular flexibility index (Phi) is 3.30. The highest BCUT2D eigenvalue weighted by atomic mass is 15.4.